The Morgan fingerprint density at radius 3 is 2.53 bits per heavy atom. The van der Waals surface area contributed by atoms with E-state index in [-0.39, 0.29) is 25.1 Å². The molecule has 4 atom stereocenters. The molecule has 0 radical (unpaired) electrons. The summed E-state index contributed by atoms with van der Waals surface area (Å²) in [6.45, 7) is 0.217. The van der Waals surface area contributed by atoms with E-state index in [1.807, 2.05) is 24.3 Å². The first-order valence-electron chi connectivity index (χ1n) is 11.4. The molecular formula is C23H29N5O7S. The third kappa shape index (κ3) is 6.34. The van der Waals surface area contributed by atoms with Gasteiger partial charge in [-0.25, -0.2) is 4.79 Å². The van der Waals surface area contributed by atoms with Crippen LogP contribution in [0.25, 0.3) is 10.9 Å². The van der Waals surface area contributed by atoms with E-state index in [4.69, 9.17) is 10.8 Å². The van der Waals surface area contributed by atoms with Crippen LogP contribution in [-0.4, -0.2) is 86.2 Å². The number of amides is 3. The van der Waals surface area contributed by atoms with Crippen molar-refractivity contribution in [1.82, 2.24) is 20.5 Å². The summed E-state index contributed by atoms with van der Waals surface area (Å²) in [4.78, 5) is 65.2. The van der Waals surface area contributed by atoms with Crippen molar-refractivity contribution in [3.8, 4) is 0 Å². The third-order valence-electron chi connectivity index (χ3n) is 6.08. The van der Waals surface area contributed by atoms with E-state index in [2.05, 4.69) is 28.2 Å². The van der Waals surface area contributed by atoms with E-state index in [0.717, 1.165) is 16.5 Å². The largest absolute Gasteiger partial charge is 0.481 e. The first-order chi connectivity index (χ1) is 17.1. The highest BCUT2D eigenvalue weighted by atomic mass is 32.1. The van der Waals surface area contributed by atoms with Crippen LogP contribution in [0.5, 0.6) is 0 Å². The summed E-state index contributed by atoms with van der Waals surface area (Å²) in [6.07, 6.45) is 1.96. The van der Waals surface area contributed by atoms with Crippen molar-refractivity contribution in [1.29, 1.82) is 0 Å². The van der Waals surface area contributed by atoms with E-state index >= 15 is 0 Å². The Hall–Kier alpha value is -3.58. The number of aliphatic carboxylic acids is 2. The lowest BCUT2D eigenvalue weighted by Crippen LogP contribution is -2.57. The number of para-hydroxylation sites is 1. The summed E-state index contributed by atoms with van der Waals surface area (Å²) in [5.41, 5.74) is 7.88. The average Bonchev–Trinajstić information content (AvgIpc) is 3.49. The molecule has 0 spiro atoms. The first kappa shape index (κ1) is 27.0. The minimum Gasteiger partial charge on any atom is -0.481 e. The molecule has 0 aliphatic carbocycles. The molecule has 2 heterocycles. The highest BCUT2D eigenvalue weighted by molar-refractivity contribution is 7.80. The number of benzene rings is 1. The van der Waals surface area contributed by atoms with Gasteiger partial charge in [0.2, 0.25) is 17.7 Å². The van der Waals surface area contributed by atoms with E-state index in [0.29, 0.717) is 6.42 Å². The number of carbonyl (C=O) groups excluding carboxylic acids is 3. The van der Waals surface area contributed by atoms with E-state index < -0.39 is 60.2 Å². The number of likely N-dealkylation sites (tertiary alicyclic amines) is 1. The quantitative estimate of drug-likeness (QED) is 0.193. The number of nitrogens with zero attached hydrogens (tertiary/aromatic N) is 1. The van der Waals surface area contributed by atoms with Gasteiger partial charge in [-0.2, -0.15) is 12.6 Å². The fourth-order valence-corrected chi connectivity index (χ4v) is 4.49. The van der Waals surface area contributed by atoms with Crippen molar-refractivity contribution in [3.63, 3.8) is 0 Å². The van der Waals surface area contributed by atoms with Gasteiger partial charge in [0, 0.05) is 29.4 Å². The molecule has 7 N–H and O–H groups in total. The Bertz CT molecular complexity index is 1150. The molecule has 1 aliphatic heterocycles. The van der Waals surface area contributed by atoms with Crippen molar-refractivity contribution in [2.24, 2.45) is 5.73 Å². The Morgan fingerprint density at radius 2 is 1.86 bits per heavy atom. The van der Waals surface area contributed by atoms with Crippen molar-refractivity contribution in [2.45, 2.75) is 49.9 Å². The molecule has 1 aromatic carbocycles. The summed E-state index contributed by atoms with van der Waals surface area (Å²) in [5, 5.41) is 23.8. The molecule has 194 valence electrons. The molecule has 12 nitrogen and oxygen atoms in total. The van der Waals surface area contributed by atoms with Crippen LogP contribution < -0.4 is 16.4 Å². The monoisotopic (exact) mass is 519 g/mol. The highest BCUT2D eigenvalue weighted by Crippen LogP contribution is 2.20. The molecule has 0 saturated carbocycles. The summed E-state index contributed by atoms with van der Waals surface area (Å²) in [6, 6.07) is 2.96. The zero-order valence-corrected chi connectivity index (χ0v) is 20.2. The second kappa shape index (κ2) is 11.9. The second-order valence-corrected chi connectivity index (χ2v) is 8.97. The van der Waals surface area contributed by atoms with Crippen molar-refractivity contribution in [2.75, 3.05) is 12.3 Å². The number of aromatic nitrogens is 1. The lowest BCUT2D eigenvalue weighted by molar-refractivity contribution is -0.148. The van der Waals surface area contributed by atoms with Gasteiger partial charge in [0.25, 0.3) is 0 Å². The van der Waals surface area contributed by atoms with Crippen LogP contribution in [0, 0.1) is 0 Å². The number of rotatable bonds is 11. The van der Waals surface area contributed by atoms with E-state index in [1.54, 1.807) is 6.20 Å². The molecule has 1 saturated heterocycles. The zero-order valence-electron chi connectivity index (χ0n) is 19.3. The van der Waals surface area contributed by atoms with Crippen molar-refractivity contribution in [3.05, 3.63) is 36.0 Å². The molecule has 3 rings (SSSR count). The van der Waals surface area contributed by atoms with Crippen LogP contribution in [-0.2, 0) is 30.4 Å². The van der Waals surface area contributed by atoms with Crippen LogP contribution in [0.1, 0.15) is 24.8 Å². The summed E-state index contributed by atoms with van der Waals surface area (Å²) < 4.78 is 0. The van der Waals surface area contributed by atoms with Crippen LogP contribution >= 0.6 is 12.6 Å². The molecule has 1 aromatic heterocycles. The van der Waals surface area contributed by atoms with Gasteiger partial charge < -0.3 is 36.5 Å². The Balaban J connectivity index is 1.63. The number of nitrogens with two attached hydrogens (primary N) is 1. The topological polar surface area (TPSA) is 195 Å². The summed E-state index contributed by atoms with van der Waals surface area (Å²) >= 11 is 4.18. The Kier molecular flexibility index (Phi) is 8.93. The third-order valence-corrected chi connectivity index (χ3v) is 6.45. The normalized spacial score (nSPS) is 17.8. The maximum absolute atomic E-state index is 13.2. The number of carbonyl (C=O) groups is 5. The standard InChI is InChI=1S/C23H29N5O7S/c24-14(8-12-10-25-15-5-2-1-4-13(12)15)20(31)27-17(11-36)22(33)28-7-3-6-18(28)21(32)26-16(23(34)35)9-19(29)30/h1-2,4-5,10,14,16-18,25,36H,3,6-9,11,24H2,(H,26,32)(H,27,31)(H,29,30)(H,34,35). The van der Waals surface area contributed by atoms with Gasteiger partial charge in [0.05, 0.1) is 12.5 Å². The highest BCUT2D eigenvalue weighted by Gasteiger charge is 2.39. The molecule has 1 fully saturated rings. The SMILES string of the molecule is NC(Cc1c[nH]c2ccccc12)C(=O)NC(CS)C(=O)N1CCCC1C(=O)NC(CC(=O)O)C(=O)O. The number of nitrogens with one attached hydrogen (secondary N) is 3. The molecule has 4 unspecified atom stereocenters. The fraction of sp³-hybridized carbons (Fsp3) is 0.435. The molecule has 1 aliphatic rings. The van der Waals surface area contributed by atoms with E-state index in [1.165, 1.54) is 4.90 Å². The van der Waals surface area contributed by atoms with E-state index in [9.17, 15) is 29.1 Å². The average molecular weight is 520 g/mol. The first-order valence-corrected chi connectivity index (χ1v) is 12.0. The number of thiol groups is 1. The van der Waals surface area contributed by atoms with Crippen LogP contribution in [0.15, 0.2) is 30.5 Å². The van der Waals surface area contributed by atoms with Crippen LogP contribution in [0.4, 0.5) is 0 Å². The van der Waals surface area contributed by atoms with Crippen LogP contribution in [0.3, 0.4) is 0 Å². The van der Waals surface area contributed by atoms with Gasteiger partial charge in [-0.1, -0.05) is 18.2 Å². The summed E-state index contributed by atoms with van der Waals surface area (Å²) in [5.74, 6) is -4.81. The van der Waals surface area contributed by atoms with Gasteiger partial charge in [0.15, 0.2) is 0 Å². The maximum atomic E-state index is 13.2. The van der Waals surface area contributed by atoms with Crippen molar-refractivity contribution < 1.29 is 34.2 Å². The predicted molar refractivity (Wildman–Crippen MR) is 132 cm³/mol. The minimum atomic E-state index is -1.63. The minimum absolute atomic E-state index is 0.0496. The maximum Gasteiger partial charge on any atom is 0.326 e. The number of carboxylic acid groups (broad SMARTS) is 2. The number of hydrogen-bond donors (Lipinski definition) is 7. The molecule has 3 amide bonds. The van der Waals surface area contributed by atoms with Gasteiger partial charge in [0.1, 0.15) is 18.1 Å². The molecule has 2 aromatic rings. The molecule has 0 bridgehead atoms. The predicted octanol–water partition coefficient (Wildman–Crippen LogP) is -0.513. The van der Waals surface area contributed by atoms with Crippen molar-refractivity contribution >= 4 is 53.2 Å². The fourth-order valence-electron chi connectivity index (χ4n) is 4.24. The number of H-pyrrole nitrogens is 1. The number of fused-ring (bicyclic) bond motifs is 1. The Morgan fingerprint density at radius 1 is 1.14 bits per heavy atom. The second-order valence-electron chi connectivity index (χ2n) is 8.60. The molecular weight excluding hydrogens is 490 g/mol. The number of aromatic amines is 1. The van der Waals surface area contributed by atoms with Gasteiger partial charge >= 0.3 is 11.9 Å². The smallest absolute Gasteiger partial charge is 0.326 e. The van der Waals surface area contributed by atoms with Gasteiger partial charge in [-0.05, 0) is 30.9 Å². The van der Waals surface area contributed by atoms with Crippen LogP contribution in [0.2, 0.25) is 0 Å². The molecule has 13 heteroatoms. The lowest BCUT2D eigenvalue weighted by Gasteiger charge is -2.29. The summed E-state index contributed by atoms with van der Waals surface area (Å²) in [7, 11) is 0. The Labute approximate surface area is 212 Å². The zero-order chi connectivity index (χ0) is 26.4. The number of hydrogen-bond acceptors (Lipinski definition) is 7. The van der Waals surface area contributed by atoms with Gasteiger partial charge in [-0.15, -0.1) is 0 Å². The number of carboxylic acids is 2. The molecule has 36 heavy (non-hydrogen) atoms. The van der Waals surface area contributed by atoms with Gasteiger partial charge in [-0.3, -0.25) is 19.2 Å². The lowest BCUT2D eigenvalue weighted by atomic mass is 10.0.